The van der Waals surface area contributed by atoms with Gasteiger partial charge in [-0.1, -0.05) is 57.2 Å². The largest absolute Gasteiger partial charge is 0.329 e. The predicted molar refractivity (Wildman–Crippen MR) is 151 cm³/mol. The molecule has 1 aliphatic heterocycles. The number of aromatic nitrogens is 1. The van der Waals surface area contributed by atoms with Crippen molar-refractivity contribution in [1.29, 1.82) is 0 Å². The molecule has 1 aliphatic carbocycles. The molecular formula is C31H35N5O3. The summed E-state index contributed by atoms with van der Waals surface area (Å²) >= 11 is 0. The van der Waals surface area contributed by atoms with Crippen LogP contribution in [0.25, 0.3) is 0 Å². The number of hydrogen-bond donors (Lipinski definition) is 3. The minimum Gasteiger partial charge on any atom is -0.329 e. The number of rotatable bonds is 7. The predicted octanol–water partition coefficient (Wildman–Crippen LogP) is 3.80. The van der Waals surface area contributed by atoms with Crippen LogP contribution in [0, 0.1) is 5.41 Å². The van der Waals surface area contributed by atoms with Crippen molar-refractivity contribution < 1.29 is 19.9 Å². The normalized spacial score (nSPS) is 20.1. The maximum absolute atomic E-state index is 13.4. The molecule has 1 spiro atoms. The summed E-state index contributed by atoms with van der Waals surface area (Å²) in [6.45, 7) is 1.30. The Kier molecular flexibility index (Phi) is 5.75. The van der Waals surface area contributed by atoms with Crippen molar-refractivity contribution in [3.63, 3.8) is 0 Å². The van der Waals surface area contributed by atoms with Crippen molar-refractivity contribution >= 4 is 29.2 Å². The number of pyridine rings is 1. The minimum absolute atomic E-state index is 0.0209. The molecule has 5 rings (SSSR count). The Balaban J connectivity index is 1.33. The zero-order chi connectivity index (χ0) is 31.2. The first kappa shape index (κ1) is 21.8. The lowest BCUT2D eigenvalue weighted by Crippen LogP contribution is -2.43. The van der Waals surface area contributed by atoms with Crippen molar-refractivity contribution in [2.45, 2.75) is 52.1 Å². The summed E-state index contributed by atoms with van der Waals surface area (Å²) in [6, 6.07) is 16.2. The van der Waals surface area contributed by atoms with E-state index in [1.165, 1.54) is 4.90 Å². The van der Waals surface area contributed by atoms with Gasteiger partial charge in [0.05, 0.1) is 5.41 Å². The maximum atomic E-state index is 13.4. The van der Waals surface area contributed by atoms with E-state index in [0.717, 1.165) is 16.7 Å². The Bertz CT molecular complexity index is 1590. The van der Waals surface area contributed by atoms with Crippen LogP contribution in [0.1, 0.15) is 54.1 Å². The van der Waals surface area contributed by atoms with Crippen LogP contribution in [-0.4, -0.2) is 41.1 Å². The average Bonchev–Trinajstić information content (AvgIpc) is 3.43. The van der Waals surface area contributed by atoms with E-state index in [1.807, 2.05) is 24.3 Å². The van der Waals surface area contributed by atoms with Crippen LogP contribution in [0.5, 0.6) is 0 Å². The standard InChI is InChI=1S/C31H35N5O3/c1-30(2,3)29(39)36(18-22-9-6-5-8-21(22)17-32-4)19-26(37)34-24-12-11-20-15-31(16-23(20)14-24)25-10-7-13-33-27(25)35-28(31)38/h5-14,32H,15-19H2,1-4H3,(H,34,37)(H,33,35,38)/i4D3,17D. The van der Waals surface area contributed by atoms with E-state index in [9.17, 15) is 14.4 Å². The lowest BCUT2D eigenvalue weighted by molar-refractivity contribution is -0.142. The number of benzene rings is 2. The first-order chi connectivity index (χ1) is 20.2. The van der Waals surface area contributed by atoms with E-state index in [4.69, 9.17) is 5.48 Å². The van der Waals surface area contributed by atoms with Crippen molar-refractivity contribution in [3.05, 3.63) is 88.6 Å². The van der Waals surface area contributed by atoms with Gasteiger partial charge in [0.25, 0.3) is 0 Å². The summed E-state index contributed by atoms with van der Waals surface area (Å²) in [5.74, 6) is -0.161. The van der Waals surface area contributed by atoms with Crippen LogP contribution in [0.2, 0.25) is 0 Å². The molecule has 3 aromatic rings. The third-order valence-electron chi connectivity index (χ3n) is 7.37. The van der Waals surface area contributed by atoms with Crippen LogP contribution >= 0.6 is 0 Å². The van der Waals surface area contributed by atoms with Gasteiger partial charge in [0, 0.05) is 41.4 Å². The molecule has 2 atom stereocenters. The van der Waals surface area contributed by atoms with E-state index in [-0.39, 0.29) is 24.9 Å². The van der Waals surface area contributed by atoms with Gasteiger partial charge in [-0.25, -0.2) is 4.98 Å². The van der Waals surface area contributed by atoms with Crippen molar-refractivity contribution in [1.82, 2.24) is 15.2 Å². The number of anilines is 2. The molecule has 0 saturated carbocycles. The molecule has 2 heterocycles. The fraction of sp³-hybridized carbons (Fsp3) is 0.355. The second kappa shape index (κ2) is 10.3. The summed E-state index contributed by atoms with van der Waals surface area (Å²) in [7, 11) is 0. The highest BCUT2D eigenvalue weighted by Gasteiger charge is 2.51. The molecular weight excluding hydrogens is 490 g/mol. The molecule has 0 fully saturated rings. The zero-order valence-electron chi connectivity index (χ0n) is 26.3. The Labute approximate surface area is 234 Å². The fourth-order valence-electron chi connectivity index (χ4n) is 5.50. The van der Waals surface area contributed by atoms with Gasteiger partial charge >= 0.3 is 0 Å². The second-order valence-corrected chi connectivity index (χ2v) is 11.2. The lowest BCUT2D eigenvalue weighted by Gasteiger charge is -2.30. The average molecular weight is 530 g/mol. The minimum atomic E-state index is -2.52. The van der Waals surface area contributed by atoms with E-state index >= 15 is 0 Å². The lowest BCUT2D eigenvalue weighted by atomic mass is 9.79. The molecule has 0 bridgehead atoms. The summed E-state index contributed by atoms with van der Waals surface area (Å²) < 4.78 is 30.8. The molecule has 2 aliphatic rings. The monoisotopic (exact) mass is 529 g/mol. The molecule has 39 heavy (non-hydrogen) atoms. The SMILES string of the molecule is [2H]C(NC([2H])([2H])[2H])c1ccccc1CN(CC(=O)Nc1ccc2c(c1)CC1(C2)C(=O)Nc2ncccc21)C(=O)C(C)(C)C. The Morgan fingerprint density at radius 3 is 2.64 bits per heavy atom. The van der Waals surface area contributed by atoms with Gasteiger partial charge in [-0.2, -0.15) is 0 Å². The molecule has 8 heteroatoms. The van der Waals surface area contributed by atoms with E-state index in [1.54, 1.807) is 57.3 Å². The van der Waals surface area contributed by atoms with Crippen LogP contribution in [-0.2, 0) is 45.7 Å². The van der Waals surface area contributed by atoms with E-state index in [0.29, 0.717) is 35.5 Å². The first-order valence-corrected chi connectivity index (χ1v) is 12.9. The van der Waals surface area contributed by atoms with Crippen molar-refractivity contribution in [2.24, 2.45) is 5.41 Å². The topological polar surface area (TPSA) is 103 Å². The number of nitrogens with one attached hydrogen (secondary N) is 3. The van der Waals surface area contributed by atoms with Crippen LogP contribution in [0.3, 0.4) is 0 Å². The highest BCUT2D eigenvalue weighted by Crippen LogP contribution is 2.46. The van der Waals surface area contributed by atoms with Crippen molar-refractivity contribution in [3.8, 4) is 0 Å². The van der Waals surface area contributed by atoms with Gasteiger partial charge in [0.2, 0.25) is 17.7 Å². The summed E-state index contributed by atoms with van der Waals surface area (Å²) in [4.78, 5) is 45.5. The molecule has 202 valence electrons. The second-order valence-electron chi connectivity index (χ2n) is 11.2. The molecule has 3 amide bonds. The fourth-order valence-corrected chi connectivity index (χ4v) is 5.50. The number of amides is 3. The van der Waals surface area contributed by atoms with E-state index < -0.39 is 30.2 Å². The van der Waals surface area contributed by atoms with Gasteiger partial charge in [-0.15, -0.1) is 0 Å². The smallest absolute Gasteiger partial charge is 0.244 e. The summed E-state index contributed by atoms with van der Waals surface area (Å²) in [5.41, 5.74) is 2.89. The van der Waals surface area contributed by atoms with Gasteiger partial charge in [0.1, 0.15) is 12.4 Å². The quantitative estimate of drug-likeness (QED) is 0.432. The molecule has 0 radical (unpaired) electrons. The number of carbonyl (C=O) groups excluding carboxylic acids is 3. The molecule has 8 nitrogen and oxygen atoms in total. The first-order valence-electron chi connectivity index (χ1n) is 15.0. The van der Waals surface area contributed by atoms with Gasteiger partial charge < -0.3 is 20.9 Å². The van der Waals surface area contributed by atoms with Crippen LogP contribution in [0.15, 0.2) is 60.8 Å². The Morgan fingerprint density at radius 1 is 1.10 bits per heavy atom. The number of carbonyl (C=O) groups is 3. The number of fused-ring (bicyclic) bond motifs is 3. The van der Waals surface area contributed by atoms with Gasteiger partial charge in [-0.05, 0) is 60.3 Å². The summed E-state index contributed by atoms with van der Waals surface area (Å²) in [5, 5.41) is 8.08. The zero-order valence-corrected chi connectivity index (χ0v) is 22.3. The molecule has 2 aromatic carbocycles. The molecule has 0 saturated heterocycles. The number of nitrogens with zero attached hydrogens (tertiary/aromatic N) is 2. The maximum Gasteiger partial charge on any atom is 0.244 e. The van der Waals surface area contributed by atoms with Gasteiger partial charge in [-0.3, -0.25) is 14.4 Å². The molecule has 3 N–H and O–H groups in total. The Morgan fingerprint density at radius 2 is 1.87 bits per heavy atom. The van der Waals surface area contributed by atoms with Gasteiger partial charge in [0.15, 0.2) is 0 Å². The van der Waals surface area contributed by atoms with Crippen LogP contribution < -0.4 is 16.0 Å². The highest BCUT2D eigenvalue weighted by atomic mass is 16.2. The third kappa shape index (κ3) is 5.16. The molecule has 2 unspecified atom stereocenters. The van der Waals surface area contributed by atoms with E-state index in [2.05, 4.69) is 20.9 Å². The molecule has 1 aromatic heterocycles. The highest BCUT2D eigenvalue weighted by molar-refractivity contribution is 6.06. The number of hydrogen-bond acceptors (Lipinski definition) is 5. The Hall–Kier alpha value is -4.04. The van der Waals surface area contributed by atoms with Crippen molar-refractivity contribution in [2.75, 3.05) is 24.2 Å². The van der Waals surface area contributed by atoms with Crippen LogP contribution in [0.4, 0.5) is 11.5 Å². The summed E-state index contributed by atoms with van der Waals surface area (Å²) in [6.07, 6.45) is 2.68. The third-order valence-corrected chi connectivity index (χ3v) is 7.37.